The molecule has 3 aromatic rings. The van der Waals surface area contributed by atoms with Crippen LogP contribution in [0.3, 0.4) is 0 Å². The topological polar surface area (TPSA) is 74.6 Å². The number of halogens is 1. The molecule has 1 atom stereocenters. The Balaban J connectivity index is 1.58. The normalized spacial score (nSPS) is 11.7. The predicted molar refractivity (Wildman–Crippen MR) is 125 cm³/mol. The molecule has 3 rings (SSSR count). The third kappa shape index (κ3) is 5.73. The van der Waals surface area contributed by atoms with E-state index in [0.29, 0.717) is 42.0 Å². The van der Waals surface area contributed by atoms with E-state index >= 15 is 0 Å². The number of amides is 1. The quantitative estimate of drug-likeness (QED) is 0.440. The van der Waals surface area contributed by atoms with Gasteiger partial charge in [0.15, 0.2) is 11.5 Å². The fraction of sp³-hybridized carbons (Fsp3) is 0.333. The highest BCUT2D eigenvalue weighted by Crippen LogP contribution is 2.29. The van der Waals surface area contributed by atoms with Crippen molar-refractivity contribution in [2.45, 2.75) is 40.3 Å². The van der Waals surface area contributed by atoms with Crippen molar-refractivity contribution in [1.82, 2.24) is 9.78 Å². The Hall–Kier alpha value is -3.19. The SMILES string of the molecule is CCOc1ccc(COc2ccc(NC(=O)C(C)n3ncc(Cl)c3C)cc2)cc1OCC. The van der Waals surface area contributed by atoms with Crippen molar-refractivity contribution in [2.24, 2.45) is 0 Å². The highest BCUT2D eigenvalue weighted by atomic mass is 35.5. The van der Waals surface area contributed by atoms with Crippen LogP contribution >= 0.6 is 11.6 Å². The first-order chi connectivity index (χ1) is 15.4. The van der Waals surface area contributed by atoms with Crippen LogP contribution in [0.1, 0.15) is 38.1 Å². The maximum atomic E-state index is 12.6. The van der Waals surface area contributed by atoms with Gasteiger partial charge in [0.05, 0.1) is 30.1 Å². The number of carbonyl (C=O) groups excluding carboxylic acids is 1. The zero-order chi connectivity index (χ0) is 23.1. The van der Waals surface area contributed by atoms with Gasteiger partial charge in [0.25, 0.3) is 0 Å². The number of carbonyl (C=O) groups is 1. The minimum absolute atomic E-state index is 0.181. The van der Waals surface area contributed by atoms with E-state index in [2.05, 4.69) is 10.4 Å². The third-order valence-corrected chi connectivity index (χ3v) is 5.24. The van der Waals surface area contributed by atoms with E-state index in [1.807, 2.05) is 51.1 Å². The smallest absolute Gasteiger partial charge is 0.248 e. The van der Waals surface area contributed by atoms with E-state index in [4.69, 9.17) is 25.8 Å². The average Bonchev–Trinajstić information content (AvgIpc) is 3.12. The van der Waals surface area contributed by atoms with Crippen LogP contribution in [0.15, 0.2) is 48.7 Å². The van der Waals surface area contributed by atoms with Crippen molar-refractivity contribution in [2.75, 3.05) is 18.5 Å². The summed E-state index contributed by atoms with van der Waals surface area (Å²) in [5.41, 5.74) is 2.39. The van der Waals surface area contributed by atoms with Gasteiger partial charge in [0, 0.05) is 5.69 Å². The van der Waals surface area contributed by atoms with Gasteiger partial charge in [-0.3, -0.25) is 9.48 Å². The molecule has 0 aliphatic heterocycles. The molecule has 7 nitrogen and oxygen atoms in total. The number of rotatable bonds is 10. The van der Waals surface area contributed by atoms with Crippen molar-refractivity contribution in [3.8, 4) is 17.2 Å². The van der Waals surface area contributed by atoms with Gasteiger partial charge < -0.3 is 19.5 Å². The zero-order valence-corrected chi connectivity index (χ0v) is 19.5. The number of hydrogen-bond donors (Lipinski definition) is 1. The Morgan fingerprint density at radius 2 is 1.75 bits per heavy atom. The molecule has 0 bridgehead atoms. The third-order valence-electron chi connectivity index (χ3n) is 4.87. The zero-order valence-electron chi connectivity index (χ0n) is 18.7. The van der Waals surface area contributed by atoms with Gasteiger partial charge in [0.1, 0.15) is 18.4 Å². The summed E-state index contributed by atoms with van der Waals surface area (Å²) in [5, 5.41) is 7.59. The van der Waals surface area contributed by atoms with E-state index in [1.54, 1.807) is 23.7 Å². The van der Waals surface area contributed by atoms with Gasteiger partial charge in [-0.15, -0.1) is 0 Å². The van der Waals surface area contributed by atoms with Gasteiger partial charge in [-0.1, -0.05) is 17.7 Å². The van der Waals surface area contributed by atoms with Crippen molar-refractivity contribution in [1.29, 1.82) is 0 Å². The Morgan fingerprint density at radius 1 is 1.06 bits per heavy atom. The largest absolute Gasteiger partial charge is 0.490 e. The van der Waals surface area contributed by atoms with Gasteiger partial charge >= 0.3 is 0 Å². The number of benzene rings is 2. The molecule has 32 heavy (non-hydrogen) atoms. The molecule has 0 spiro atoms. The maximum absolute atomic E-state index is 12.6. The van der Waals surface area contributed by atoms with Crippen LogP contribution in [0.5, 0.6) is 17.2 Å². The van der Waals surface area contributed by atoms with E-state index in [1.165, 1.54) is 6.20 Å². The first-order valence-corrected chi connectivity index (χ1v) is 10.9. The summed E-state index contributed by atoms with van der Waals surface area (Å²) in [4.78, 5) is 12.6. The molecule has 0 aliphatic carbocycles. The summed E-state index contributed by atoms with van der Waals surface area (Å²) in [6.07, 6.45) is 1.54. The van der Waals surface area contributed by atoms with Crippen LogP contribution in [0.25, 0.3) is 0 Å². The first-order valence-electron chi connectivity index (χ1n) is 10.5. The highest BCUT2D eigenvalue weighted by molar-refractivity contribution is 6.31. The Bertz CT molecular complexity index is 1050. The highest BCUT2D eigenvalue weighted by Gasteiger charge is 2.18. The van der Waals surface area contributed by atoms with Crippen molar-refractivity contribution < 1.29 is 19.0 Å². The summed E-state index contributed by atoms with van der Waals surface area (Å²) in [7, 11) is 0. The molecule has 0 fully saturated rings. The Morgan fingerprint density at radius 3 is 2.38 bits per heavy atom. The molecular formula is C24H28ClN3O4. The lowest BCUT2D eigenvalue weighted by Crippen LogP contribution is -2.25. The van der Waals surface area contributed by atoms with Gasteiger partial charge in [-0.25, -0.2) is 0 Å². The van der Waals surface area contributed by atoms with E-state index in [0.717, 1.165) is 17.0 Å². The van der Waals surface area contributed by atoms with Gasteiger partial charge in [0.2, 0.25) is 5.91 Å². The second-order valence-electron chi connectivity index (χ2n) is 7.15. The van der Waals surface area contributed by atoms with Crippen LogP contribution < -0.4 is 19.5 Å². The molecule has 170 valence electrons. The summed E-state index contributed by atoms with van der Waals surface area (Å²) < 4.78 is 18.7. The Kier molecular flexibility index (Phi) is 8.00. The minimum Gasteiger partial charge on any atom is -0.490 e. The standard InChI is InChI=1S/C24H28ClN3O4/c1-5-30-22-12-7-18(13-23(22)31-6-2)15-32-20-10-8-19(9-11-20)27-24(29)17(4)28-16(3)21(25)14-26-28/h7-14,17H,5-6,15H2,1-4H3,(H,27,29). The number of nitrogens with zero attached hydrogens (tertiary/aromatic N) is 2. The summed E-state index contributed by atoms with van der Waals surface area (Å²) in [5.74, 6) is 1.94. The molecule has 0 saturated heterocycles. The van der Waals surface area contributed by atoms with Crippen LogP contribution in [0.4, 0.5) is 5.69 Å². The molecule has 2 aromatic carbocycles. The molecule has 0 saturated carbocycles. The van der Waals surface area contributed by atoms with E-state index < -0.39 is 6.04 Å². The molecule has 0 aliphatic rings. The molecular weight excluding hydrogens is 430 g/mol. The number of ether oxygens (including phenoxy) is 3. The lowest BCUT2D eigenvalue weighted by Gasteiger charge is -2.15. The summed E-state index contributed by atoms with van der Waals surface area (Å²) in [6, 6.07) is 12.5. The molecule has 8 heteroatoms. The number of hydrogen-bond acceptors (Lipinski definition) is 5. The molecule has 1 unspecified atom stereocenters. The summed E-state index contributed by atoms with van der Waals surface area (Å²) >= 11 is 6.03. The fourth-order valence-corrected chi connectivity index (χ4v) is 3.27. The van der Waals surface area contributed by atoms with Crippen LogP contribution in [0, 0.1) is 6.92 Å². The van der Waals surface area contributed by atoms with Crippen LogP contribution in [-0.2, 0) is 11.4 Å². The molecule has 0 radical (unpaired) electrons. The predicted octanol–water partition coefficient (Wildman–Crippen LogP) is 5.42. The van der Waals surface area contributed by atoms with Crippen molar-refractivity contribution >= 4 is 23.2 Å². The monoisotopic (exact) mass is 457 g/mol. The molecule has 1 heterocycles. The lowest BCUT2D eigenvalue weighted by molar-refractivity contribution is -0.119. The Labute approximate surface area is 193 Å². The second kappa shape index (κ2) is 10.9. The van der Waals surface area contributed by atoms with Gasteiger partial charge in [-0.05, 0) is 69.7 Å². The number of aromatic nitrogens is 2. The second-order valence-corrected chi connectivity index (χ2v) is 7.56. The average molecular weight is 458 g/mol. The fourth-order valence-electron chi connectivity index (χ4n) is 3.14. The van der Waals surface area contributed by atoms with E-state index in [9.17, 15) is 4.79 Å². The number of nitrogens with one attached hydrogen (secondary N) is 1. The molecule has 1 aromatic heterocycles. The van der Waals surface area contributed by atoms with Crippen molar-refractivity contribution in [3.63, 3.8) is 0 Å². The minimum atomic E-state index is -0.488. The molecule has 1 amide bonds. The number of anilines is 1. The van der Waals surface area contributed by atoms with Crippen molar-refractivity contribution in [3.05, 3.63) is 64.9 Å². The van der Waals surface area contributed by atoms with Gasteiger partial charge in [-0.2, -0.15) is 5.10 Å². The van der Waals surface area contributed by atoms with Crippen LogP contribution in [-0.4, -0.2) is 28.9 Å². The first kappa shape index (κ1) is 23.5. The molecule has 1 N–H and O–H groups in total. The van der Waals surface area contributed by atoms with Crippen LogP contribution in [0.2, 0.25) is 5.02 Å². The lowest BCUT2D eigenvalue weighted by atomic mass is 10.2. The summed E-state index contributed by atoms with van der Waals surface area (Å²) in [6.45, 7) is 8.99. The maximum Gasteiger partial charge on any atom is 0.248 e. The van der Waals surface area contributed by atoms with E-state index in [-0.39, 0.29) is 5.91 Å².